The molecule has 7 heteroatoms. The molecule has 1 heterocycles. The van der Waals surface area contributed by atoms with Crippen molar-refractivity contribution in [2.45, 2.75) is 12.8 Å². The van der Waals surface area contributed by atoms with Crippen LogP contribution in [0.1, 0.15) is 18.4 Å². The molecule has 0 aliphatic heterocycles. The number of nitrogens with zero attached hydrogens (tertiary/aromatic N) is 2. The zero-order valence-corrected chi connectivity index (χ0v) is 10.3. The van der Waals surface area contributed by atoms with Crippen molar-refractivity contribution in [3.63, 3.8) is 0 Å². The van der Waals surface area contributed by atoms with Crippen LogP contribution in [0, 0.1) is 11.3 Å². The van der Waals surface area contributed by atoms with Crippen LogP contribution in [-0.2, 0) is 14.3 Å². The largest absolute Gasteiger partial charge is 0.469 e. The summed E-state index contributed by atoms with van der Waals surface area (Å²) in [5.41, 5.74) is 0.226. The summed E-state index contributed by atoms with van der Waals surface area (Å²) < 4.78 is 4.41. The minimum absolute atomic E-state index is 0.00759. The van der Waals surface area contributed by atoms with Crippen LogP contribution in [0.25, 0.3) is 0 Å². The number of ether oxygens (including phenoxy) is 1. The molecule has 0 saturated heterocycles. The molecule has 94 valence electrons. The molecule has 0 saturated carbocycles. The summed E-state index contributed by atoms with van der Waals surface area (Å²) in [6, 6.07) is 3.23. The lowest BCUT2D eigenvalue weighted by Crippen LogP contribution is -2.14. The molecule has 1 aromatic heterocycles. The number of methoxy groups -OCH3 is 1. The average Bonchev–Trinajstić information content (AvgIpc) is 2.36. The number of amides is 1. The molecule has 0 aromatic carbocycles. The average molecular weight is 268 g/mol. The SMILES string of the molecule is COC(=O)CCC(=O)Nc1cc(Cl)c(C#N)cn1. The van der Waals surface area contributed by atoms with Gasteiger partial charge in [0.1, 0.15) is 11.9 Å². The van der Waals surface area contributed by atoms with Crippen molar-refractivity contribution < 1.29 is 14.3 Å². The Bertz CT molecular complexity index is 511. The van der Waals surface area contributed by atoms with Crippen LogP contribution in [0.3, 0.4) is 0 Å². The Hall–Kier alpha value is -2.13. The molecule has 0 unspecified atom stereocenters. The summed E-state index contributed by atoms with van der Waals surface area (Å²) in [4.78, 5) is 26.1. The van der Waals surface area contributed by atoms with E-state index in [0.717, 1.165) is 0 Å². The highest BCUT2D eigenvalue weighted by Crippen LogP contribution is 2.17. The van der Waals surface area contributed by atoms with E-state index in [1.54, 1.807) is 0 Å². The van der Waals surface area contributed by atoms with E-state index < -0.39 is 5.97 Å². The van der Waals surface area contributed by atoms with Crippen molar-refractivity contribution >= 4 is 29.3 Å². The lowest BCUT2D eigenvalue weighted by molar-refractivity contribution is -0.141. The van der Waals surface area contributed by atoms with Gasteiger partial charge in [-0.25, -0.2) is 4.98 Å². The summed E-state index contributed by atoms with van der Waals surface area (Å²) in [7, 11) is 1.25. The second kappa shape index (κ2) is 6.57. The van der Waals surface area contributed by atoms with Gasteiger partial charge in [0.05, 0.1) is 24.1 Å². The molecule has 0 atom stereocenters. The Kier molecular flexibility index (Phi) is 5.08. The van der Waals surface area contributed by atoms with Crippen LogP contribution >= 0.6 is 11.6 Å². The fraction of sp³-hybridized carbons (Fsp3) is 0.273. The van der Waals surface area contributed by atoms with Crippen molar-refractivity contribution in [2.24, 2.45) is 0 Å². The first kappa shape index (κ1) is 13.9. The van der Waals surface area contributed by atoms with Gasteiger partial charge in [-0.15, -0.1) is 0 Å². The van der Waals surface area contributed by atoms with E-state index in [9.17, 15) is 9.59 Å². The zero-order valence-electron chi connectivity index (χ0n) is 9.57. The van der Waals surface area contributed by atoms with Crippen LogP contribution in [0.15, 0.2) is 12.3 Å². The van der Waals surface area contributed by atoms with E-state index in [0.29, 0.717) is 0 Å². The fourth-order valence-corrected chi connectivity index (χ4v) is 1.30. The van der Waals surface area contributed by atoms with Gasteiger partial charge in [0.25, 0.3) is 0 Å². The van der Waals surface area contributed by atoms with E-state index >= 15 is 0 Å². The van der Waals surface area contributed by atoms with Crippen molar-refractivity contribution in [3.8, 4) is 6.07 Å². The molecular formula is C11H10ClN3O3. The Morgan fingerprint density at radius 2 is 2.28 bits per heavy atom. The first-order chi connectivity index (χ1) is 8.56. The van der Waals surface area contributed by atoms with Crippen LogP contribution in [0.2, 0.25) is 5.02 Å². The van der Waals surface area contributed by atoms with Gasteiger partial charge in [0.2, 0.25) is 5.91 Å². The highest BCUT2D eigenvalue weighted by atomic mass is 35.5. The standard InChI is InChI=1S/C11H10ClN3O3/c1-18-11(17)3-2-10(16)15-9-4-8(12)7(5-13)6-14-9/h4,6H,2-3H2,1H3,(H,14,15,16). The smallest absolute Gasteiger partial charge is 0.306 e. The lowest BCUT2D eigenvalue weighted by atomic mass is 10.3. The quantitative estimate of drug-likeness (QED) is 0.835. The number of esters is 1. The molecule has 0 aliphatic rings. The Morgan fingerprint density at radius 1 is 1.56 bits per heavy atom. The van der Waals surface area contributed by atoms with Crippen molar-refractivity contribution in [3.05, 3.63) is 22.8 Å². The summed E-state index contributed by atoms with van der Waals surface area (Å²) in [5, 5.41) is 11.3. The number of anilines is 1. The fourth-order valence-electron chi connectivity index (χ4n) is 1.10. The monoisotopic (exact) mass is 267 g/mol. The number of carbonyl (C=O) groups is 2. The van der Waals surface area contributed by atoms with Crippen LogP contribution in [-0.4, -0.2) is 24.0 Å². The van der Waals surface area contributed by atoms with Gasteiger partial charge < -0.3 is 10.1 Å². The molecule has 0 aliphatic carbocycles. The number of hydrogen-bond acceptors (Lipinski definition) is 5. The Balaban J connectivity index is 2.58. The van der Waals surface area contributed by atoms with Gasteiger partial charge in [0, 0.05) is 18.7 Å². The summed E-state index contributed by atoms with van der Waals surface area (Å²) in [5.74, 6) is -0.612. The molecule has 0 radical (unpaired) electrons. The first-order valence-corrected chi connectivity index (χ1v) is 5.37. The van der Waals surface area contributed by atoms with E-state index in [4.69, 9.17) is 16.9 Å². The van der Waals surface area contributed by atoms with Gasteiger partial charge in [-0.3, -0.25) is 9.59 Å². The molecule has 1 amide bonds. The number of carbonyl (C=O) groups excluding carboxylic acids is 2. The predicted molar refractivity (Wildman–Crippen MR) is 63.8 cm³/mol. The number of pyridine rings is 1. The predicted octanol–water partition coefficient (Wildman–Crippen LogP) is 1.50. The molecule has 0 spiro atoms. The number of rotatable bonds is 4. The van der Waals surface area contributed by atoms with E-state index in [1.807, 2.05) is 6.07 Å². The highest BCUT2D eigenvalue weighted by Gasteiger charge is 2.09. The van der Waals surface area contributed by atoms with Crippen LogP contribution in [0.5, 0.6) is 0 Å². The number of aromatic nitrogens is 1. The molecule has 6 nitrogen and oxygen atoms in total. The van der Waals surface area contributed by atoms with Crippen molar-refractivity contribution in [1.82, 2.24) is 4.98 Å². The summed E-state index contributed by atoms with van der Waals surface area (Å²) >= 11 is 5.78. The molecule has 18 heavy (non-hydrogen) atoms. The highest BCUT2D eigenvalue weighted by molar-refractivity contribution is 6.32. The third-order valence-corrected chi connectivity index (χ3v) is 2.34. The second-order valence-corrected chi connectivity index (χ2v) is 3.69. The minimum atomic E-state index is -0.462. The third kappa shape index (κ3) is 4.03. The Labute approximate surface area is 109 Å². The first-order valence-electron chi connectivity index (χ1n) is 4.99. The molecule has 1 N–H and O–H groups in total. The maximum absolute atomic E-state index is 11.4. The molecule has 0 bridgehead atoms. The summed E-state index contributed by atoms with van der Waals surface area (Å²) in [6.45, 7) is 0. The minimum Gasteiger partial charge on any atom is -0.469 e. The van der Waals surface area contributed by atoms with Crippen LogP contribution in [0.4, 0.5) is 5.82 Å². The van der Waals surface area contributed by atoms with E-state index in [-0.39, 0.29) is 35.2 Å². The normalized spacial score (nSPS) is 9.39. The van der Waals surface area contributed by atoms with E-state index in [2.05, 4.69) is 15.0 Å². The number of hydrogen-bond donors (Lipinski definition) is 1. The van der Waals surface area contributed by atoms with E-state index in [1.165, 1.54) is 19.4 Å². The second-order valence-electron chi connectivity index (χ2n) is 3.29. The molecule has 0 fully saturated rings. The van der Waals surface area contributed by atoms with Crippen molar-refractivity contribution in [1.29, 1.82) is 5.26 Å². The summed E-state index contributed by atoms with van der Waals surface area (Å²) in [6.07, 6.45) is 1.25. The number of nitriles is 1. The van der Waals surface area contributed by atoms with Gasteiger partial charge in [-0.05, 0) is 0 Å². The number of halogens is 1. The number of nitrogens with one attached hydrogen (secondary N) is 1. The zero-order chi connectivity index (χ0) is 13.5. The Morgan fingerprint density at radius 3 is 2.83 bits per heavy atom. The molecule has 1 rings (SSSR count). The van der Waals surface area contributed by atoms with Crippen LogP contribution < -0.4 is 5.32 Å². The van der Waals surface area contributed by atoms with Gasteiger partial charge >= 0.3 is 5.97 Å². The van der Waals surface area contributed by atoms with Gasteiger partial charge in [-0.1, -0.05) is 11.6 Å². The topological polar surface area (TPSA) is 92.1 Å². The maximum atomic E-state index is 11.4. The van der Waals surface area contributed by atoms with Gasteiger partial charge in [0.15, 0.2) is 0 Å². The maximum Gasteiger partial charge on any atom is 0.306 e. The van der Waals surface area contributed by atoms with Gasteiger partial charge in [-0.2, -0.15) is 5.26 Å². The third-order valence-electron chi connectivity index (χ3n) is 2.03. The molecular weight excluding hydrogens is 258 g/mol. The lowest BCUT2D eigenvalue weighted by Gasteiger charge is -2.04. The van der Waals surface area contributed by atoms with Crippen molar-refractivity contribution in [2.75, 3.05) is 12.4 Å². The molecule has 1 aromatic rings.